The summed E-state index contributed by atoms with van der Waals surface area (Å²) in [6, 6.07) is 8.72. The standard InChI is InChI=1S/C16H14Cl2N2O5/c1-9(25-14-5-3-10(17)7-12(14)18)16(21)19-11-4-6-15(24-2)13(8-11)20(22)23/h3-9H,1-2H3,(H,19,21)/t9-/m1/s1. The number of rotatable bonds is 6. The van der Waals surface area contributed by atoms with E-state index >= 15 is 0 Å². The van der Waals surface area contributed by atoms with E-state index in [4.69, 9.17) is 32.7 Å². The van der Waals surface area contributed by atoms with Crippen LogP contribution in [0.3, 0.4) is 0 Å². The number of carbonyl (C=O) groups excluding carboxylic acids is 1. The van der Waals surface area contributed by atoms with Crippen LogP contribution in [0.5, 0.6) is 11.5 Å². The minimum atomic E-state index is -0.889. The number of halogens is 2. The van der Waals surface area contributed by atoms with Gasteiger partial charge in [-0.15, -0.1) is 0 Å². The van der Waals surface area contributed by atoms with Gasteiger partial charge in [0.1, 0.15) is 5.75 Å². The minimum absolute atomic E-state index is 0.0974. The number of ether oxygens (including phenoxy) is 2. The van der Waals surface area contributed by atoms with Crippen molar-refractivity contribution in [2.45, 2.75) is 13.0 Å². The number of benzene rings is 2. The van der Waals surface area contributed by atoms with Crippen molar-refractivity contribution < 1.29 is 19.2 Å². The van der Waals surface area contributed by atoms with Gasteiger partial charge in [-0.2, -0.15) is 0 Å². The van der Waals surface area contributed by atoms with Gasteiger partial charge in [-0.05, 0) is 37.3 Å². The lowest BCUT2D eigenvalue weighted by molar-refractivity contribution is -0.385. The second kappa shape index (κ2) is 8.04. The summed E-state index contributed by atoms with van der Waals surface area (Å²) in [5.41, 5.74) is -0.00947. The molecular weight excluding hydrogens is 371 g/mol. The third-order valence-corrected chi connectivity index (χ3v) is 3.74. The summed E-state index contributed by atoms with van der Waals surface area (Å²) < 4.78 is 10.4. The molecule has 1 amide bonds. The van der Waals surface area contributed by atoms with Crippen molar-refractivity contribution in [3.63, 3.8) is 0 Å². The summed E-state index contributed by atoms with van der Waals surface area (Å²) >= 11 is 11.8. The van der Waals surface area contributed by atoms with Gasteiger partial charge in [0.05, 0.1) is 17.1 Å². The molecular formula is C16H14Cl2N2O5. The first-order valence-corrected chi connectivity index (χ1v) is 7.82. The van der Waals surface area contributed by atoms with Gasteiger partial charge in [0.15, 0.2) is 11.9 Å². The van der Waals surface area contributed by atoms with E-state index in [-0.39, 0.29) is 22.1 Å². The van der Waals surface area contributed by atoms with E-state index < -0.39 is 16.9 Å². The van der Waals surface area contributed by atoms with E-state index in [0.717, 1.165) is 0 Å². The van der Waals surface area contributed by atoms with Crippen LogP contribution in [-0.4, -0.2) is 24.0 Å². The number of anilines is 1. The maximum Gasteiger partial charge on any atom is 0.312 e. The fraction of sp³-hybridized carbons (Fsp3) is 0.188. The monoisotopic (exact) mass is 384 g/mol. The molecule has 0 spiro atoms. The molecule has 0 saturated carbocycles. The van der Waals surface area contributed by atoms with E-state index in [1.807, 2.05) is 0 Å². The van der Waals surface area contributed by atoms with Crippen molar-refractivity contribution in [2.24, 2.45) is 0 Å². The number of hydrogen-bond donors (Lipinski definition) is 1. The highest BCUT2D eigenvalue weighted by atomic mass is 35.5. The van der Waals surface area contributed by atoms with Gasteiger partial charge in [0, 0.05) is 16.8 Å². The number of amides is 1. The molecule has 0 bridgehead atoms. The van der Waals surface area contributed by atoms with Crippen LogP contribution in [0.15, 0.2) is 36.4 Å². The molecule has 0 fully saturated rings. The first kappa shape index (κ1) is 18.8. The van der Waals surface area contributed by atoms with Crippen LogP contribution >= 0.6 is 23.2 Å². The van der Waals surface area contributed by atoms with Gasteiger partial charge in [-0.1, -0.05) is 23.2 Å². The summed E-state index contributed by atoms with van der Waals surface area (Å²) in [6.45, 7) is 1.53. The number of nitrogens with one attached hydrogen (secondary N) is 1. The number of methoxy groups -OCH3 is 1. The van der Waals surface area contributed by atoms with Crippen molar-refractivity contribution in [3.8, 4) is 11.5 Å². The van der Waals surface area contributed by atoms with Crippen molar-refractivity contribution in [1.82, 2.24) is 0 Å². The highest BCUT2D eigenvalue weighted by molar-refractivity contribution is 6.35. The van der Waals surface area contributed by atoms with Crippen molar-refractivity contribution >= 4 is 40.5 Å². The second-order valence-corrected chi connectivity index (χ2v) is 5.81. The van der Waals surface area contributed by atoms with Crippen molar-refractivity contribution in [1.29, 1.82) is 0 Å². The first-order chi connectivity index (χ1) is 11.8. The Bertz CT molecular complexity index is 813. The molecule has 25 heavy (non-hydrogen) atoms. The third kappa shape index (κ3) is 4.74. The summed E-state index contributed by atoms with van der Waals surface area (Å²) in [5.74, 6) is -0.0971. The quantitative estimate of drug-likeness (QED) is 0.591. The number of carbonyl (C=O) groups is 1. The number of nitrogens with zero attached hydrogens (tertiary/aromatic N) is 1. The molecule has 9 heteroatoms. The molecule has 0 heterocycles. The number of hydrogen-bond acceptors (Lipinski definition) is 5. The van der Waals surface area contributed by atoms with E-state index in [0.29, 0.717) is 10.8 Å². The van der Waals surface area contributed by atoms with E-state index in [1.54, 1.807) is 12.1 Å². The molecule has 1 N–H and O–H groups in total. The molecule has 0 unspecified atom stereocenters. The normalized spacial score (nSPS) is 11.5. The number of nitro benzene ring substituents is 1. The number of nitro groups is 1. The Morgan fingerprint density at radius 1 is 1.20 bits per heavy atom. The lowest BCUT2D eigenvalue weighted by Crippen LogP contribution is -2.30. The molecule has 2 aromatic carbocycles. The summed E-state index contributed by atoms with van der Waals surface area (Å²) in [6.07, 6.45) is -0.889. The van der Waals surface area contributed by atoms with Crippen LogP contribution in [0.2, 0.25) is 10.0 Å². The lowest BCUT2D eigenvalue weighted by Gasteiger charge is -2.16. The van der Waals surface area contributed by atoms with Gasteiger partial charge in [-0.3, -0.25) is 14.9 Å². The summed E-state index contributed by atoms with van der Waals surface area (Å²) in [5, 5.41) is 14.3. The van der Waals surface area contributed by atoms with E-state index in [2.05, 4.69) is 5.32 Å². The molecule has 132 valence electrons. The molecule has 0 aromatic heterocycles. The predicted molar refractivity (Wildman–Crippen MR) is 94.8 cm³/mol. The van der Waals surface area contributed by atoms with Crippen LogP contribution in [0.4, 0.5) is 11.4 Å². The SMILES string of the molecule is COc1ccc(NC(=O)[C@@H](C)Oc2ccc(Cl)cc2Cl)cc1[N+](=O)[O-]. The highest BCUT2D eigenvalue weighted by Gasteiger charge is 2.20. The lowest BCUT2D eigenvalue weighted by atomic mass is 10.2. The predicted octanol–water partition coefficient (Wildman–Crippen LogP) is 4.32. The Hall–Kier alpha value is -2.51. The van der Waals surface area contributed by atoms with Crippen LogP contribution in [-0.2, 0) is 4.79 Å². The van der Waals surface area contributed by atoms with E-state index in [1.165, 1.54) is 38.3 Å². The summed E-state index contributed by atoms with van der Waals surface area (Å²) in [7, 11) is 1.33. The van der Waals surface area contributed by atoms with Gasteiger partial charge < -0.3 is 14.8 Å². The molecule has 0 aliphatic heterocycles. The van der Waals surface area contributed by atoms with Gasteiger partial charge >= 0.3 is 5.69 Å². The molecule has 2 rings (SSSR count). The average Bonchev–Trinajstić information content (AvgIpc) is 2.57. The zero-order valence-corrected chi connectivity index (χ0v) is 14.8. The van der Waals surface area contributed by atoms with E-state index in [9.17, 15) is 14.9 Å². The van der Waals surface area contributed by atoms with Crippen LogP contribution in [0.25, 0.3) is 0 Å². The molecule has 0 aliphatic carbocycles. The second-order valence-electron chi connectivity index (χ2n) is 4.97. The highest BCUT2D eigenvalue weighted by Crippen LogP contribution is 2.30. The molecule has 0 radical (unpaired) electrons. The Kier molecular flexibility index (Phi) is 6.06. The fourth-order valence-electron chi connectivity index (χ4n) is 1.97. The largest absolute Gasteiger partial charge is 0.490 e. The Balaban J connectivity index is 2.10. The fourth-order valence-corrected chi connectivity index (χ4v) is 2.42. The van der Waals surface area contributed by atoms with Crippen LogP contribution in [0.1, 0.15) is 6.92 Å². The molecule has 7 nitrogen and oxygen atoms in total. The summed E-state index contributed by atoms with van der Waals surface area (Å²) in [4.78, 5) is 22.7. The first-order valence-electron chi connectivity index (χ1n) is 7.07. The molecule has 0 aliphatic rings. The Morgan fingerprint density at radius 2 is 1.88 bits per heavy atom. The molecule has 0 saturated heterocycles. The van der Waals surface area contributed by atoms with Crippen molar-refractivity contribution in [3.05, 3.63) is 56.6 Å². The zero-order valence-electron chi connectivity index (χ0n) is 13.3. The third-order valence-electron chi connectivity index (χ3n) is 3.21. The maximum atomic E-state index is 12.2. The van der Waals surface area contributed by atoms with Crippen LogP contribution in [0, 0.1) is 10.1 Å². The Morgan fingerprint density at radius 3 is 2.48 bits per heavy atom. The minimum Gasteiger partial charge on any atom is -0.490 e. The van der Waals surface area contributed by atoms with Gasteiger partial charge in [0.2, 0.25) is 0 Å². The zero-order chi connectivity index (χ0) is 18.6. The average molecular weight is 385 g/mol. The molecule has 2 aromatic rings. The van der Waals surface area contributed by atoms with Crippen LogP contribution < -0.4 is 14.8 Å². The Labute approximate surface area is 153 Å². The van der Waals surface area contributed by atoms with Crippen molar-refractivity contribution in [2.75, 3.05) is 12.4 Å². The van der Waals surface area contributed by atoms with Gasteiger partial charge in [0.25, 0.3) is 5.91 Å². The molecule has 1 atom stereocenters. The topological polar surface area (TPSA) is 90.7 Å². The smallest absolute Gasteiger partial charge is 0.312 e. The van der Waals surface area contributed by atoms with Gasteiger partial charge in [-0.25, -0.2) is 0 Å². The maximum absolute atomic E-state index is 12.2.